The first-order chi connectivity index (χ1) is 8.06. The summed E-state index contributed by atoms with van der Waals surface area (Å²) in [5, 5.41) is 2.72. The summed E-state index contributed by atoms with van der Waals surface area (Å²) < 4.78 is 1.39. The Kier molecular flexibility index (Phi) is 2.98. The van der Waals surface area contributed by atoms with Crippen molar-refractivity contribution in [1.29, 1.82) is 0 Å². The molecule has 2 rings (SSSR count). The lowest BCUT2D eigenvalue weighted by atomic mass is 10.4. The van der Waals surface area contributed by atoms with Gasteiger partial charge in [-0.15, -0.1) is 5.92 Å². The number of alkyl halides is 1. The number of H-pyrrole nitrogens is 1. The molecule has 6 nitrogen and oxygen atoms in total. The average molecular weight is 299 g/mol. The molecular formula is C10H11BrN4O2. The van der Waals surface area contributed by atoms with Crippen molar-refractivity contribution in [3.63, 3.8) is 0 Å². The lowest BCUT2D eigenvalue weighted by Crippen LogP contribution is -2.34. The van der Waals surface area contributed by atoms with Gasteiger partial charge in [-0.25, -0.2) is 4.79 Å². The van der Waals surface area contributed by atoms with Gasteiger partial charge in [0.15, 0.2) is 5.08 Å². The lowest BCUT2D eigenvalue weighted by Gasteiger charge is -2.20. The largest absolute Gasteiger partial charge is 0.349 e. The Morgan fingerprint density at radius 1 is 1.47 bits per heavy atom. The second-order valence-corrected chi connectivity index (χ2v) is 4.42. The van der Waals surface area contributed by atoms with E-state index in [2.05, 4.69) is 38.1 Å². The minimum absolute atomic E-state index is 0.243. The highest BCUT2D eigenvalue weighted by Crippen LogP contribution is 2.31. The van der Waals surface area contributed by atoms with E-state index in [4.69, 9.17) is 0 Å². The molecule has 0 spiro atoms. The number of anilines is 2. The molecule has 1 aliphatic rings. The first-order valence-electron chi connectivity index (χ1n) is 4.96. The minimum Gasteiger partial charge on any atom is -0.349 e. The molecule has 1 aromatic rings. The highest BCUT2D eigenvalue weighted by atomic mass is 79.9. The molecule has 0 bridgehead atoms. The second kappa shape index (κ2) is 4.30. The zero-order valence-corrected chi connectivity index (χ0v) is 11.0. The van der Waals surface area contributed by atoms with Crippen molar-refractivity contribution in [3.8, 4) is 11.8 Å². The van der Waals surface area contributed by atoms with Crippen LogP contribution >= 0.6 is 15.9 Å². The Bertz CT molecular complexity index is 622. The smallest absolute Gasteiger partial charge is 0.329 e. The number of aromatic nitrogens is 2. The summed E-state index contributed by atoms with van der Waals surface area (Å²) in [4.78, 5) is 27.2. The van der Waals surface area contributed by atoms with Gasteiger partial charge in [0, 0.05) is 7.05 Å². The number of hydrogen-bond acceptors (Lipinski definition) is 4. The Hall–Kier alpha value is -1.68. The highest BCUT2D eigenvalue weighted by molar-refractivity contribution is 9.09. The van der Waals surface area contributed by atoms with Crippen molar-refractivity contribution < 1.29 is 0 Å². The van der Waals surface area contributed by atoms with Crippen LogP contribution in [0, 0.1) is 11.8 Å². The quantitative estimate of drug-likeness (QED) is 0.435. The Morgan fingerprint density at radius 2 is 2.18 bits per heavy atom. The maximum Gasteiger partial charge on any atom is 0.329 e. The predicted octanol–water partition coefficient (Wildman–Crippen LogP) is 0.00730. The highest BCUT2D eigenvalue weighted by Gasteiger charge is 2.31. The zero-order chi connectivity index (χ0) is 12.6. The first-order valence-corrected chi connectivity index (χ1v) is 5.88. The van der Waals surface area contributed by atoms with Crippen LogP contribution in [0.4, 0.5) is 11.5 Å². The molecule has 1 atom stereocenters. The van der Waals surface area contributed by atoms with E-state index in [0.29, 0.717) is 18.1 Å². The molecule has 0 saturated heterocycles. The van der Waals surface area contributed by atoms with Crippen LogP contribution in [0.15, 0.2) is 9.59 Å². The standard InChI is InChI=1S/C10H11BrN4O2/c1-3-4-5-15-8-6(12-9(15)11)7(16)13-10(17)14(8)2/h9,12H,5H2,1-2H3,(H,13,16,17). The third-order valence-corrected chi connectivity index (χ3v) is 3.25. The number of nitrogens with zero attached hydrogens (tertiary/aromatic N) is 2. The molecule has 1 aliphatic heterocycles. The molecular weight excluding hydrogens is 288 g/mol. The van der Waals surface area contributed by atoms with Crippen LogP contribution in [-0.2, 0) is 7.05 Å². The third-order valence-electron chi connectivity index (χ3n) is 2.53. The van der Waals surface area contributed by atoms with Crippen LogP contribution in [-0.4, -0.2) is 21.2 Å². The number of hydrogen-bond donors (Lipinski definition) is 2. The first kappa shape index (κ1) is 11.8. The van der Waals surface area contributed by atoms with E-state index >= 15 is 0 Å². The van der Waals surface area contributed by atoms with Crippen molar-refractivity contribution in [1.82, 2.24) is 9.55 Å². The number of nitrogens with one attached hydrogen (secondary N) is 2. The fourth-order valence-electron chi connectivity index (χ4n) is 1.70. The van der Waals surface area contributed by atoms with Gasteiger partial charge in [-0.1, -0.05) is 5.92 Å². The van der Waals surface area contributed by atoms with Crippen molar-refractivity contribution in [2.24, 2.45) is 7.05 Å². The SMILES string of the molecule is CC#CCN1c2c(c(=O)[nH]c(=O)n2C)NC1Br. The van der Waals surface area contributed by atoms with Gasteiger partial charge in [0.1, 0.15) is 11.5 Å². The number of fused-ring (bicyclic) bond motifs is 1. The molecule has 0 amide bonds. The van der Waals surface area contributed by atoms with Gasteiger partial charge in [-0.3, -0.25) is 14.3 Å². The van der Waals surface area contributed by atoms with Gasteiger partial charge in [-0.05, 0) is 22.9 Å². The van der Waals surface area contributed by atoms with Crippen LogP contribution in [0.25, 0.3) is 0 Å². The summed E-state index contributed by atoms with van der Waals surface area (Å²) >= 11 is 3.39. The zero-order valence-electron chi connectivity index (χ0n) is 9.37. The summed E-state index contributed by atoms with van der Waals surface area (Å²) in [6.45, 7) is 2.17. The molecule has 0 aliphatic carbocycles. The number of rotatable bonds is 1. The normalized spacial score (nSPS) is 17.1. The second-order valence-electron chi connectivity index (χ2n) is 3.55. The number of halogens is 1. The molecule has 17 heavy (non-hydrogen) atoms. The topological polar surface area (TPSA) is 70.1 Å². The molecule has 0 fully saturated rings. The monoisotopic (exact) mass is 298 g/mol. The van der Waals surface area contributed by atoms with Crippen molar-refractivity contribution in [2.75, 3.05) is 16.8 Å². The molecule has 1 aromatic heterocycles. The maximum atomic E-state index is 11.6. The minimum atomic E-state index is -0.438. The van der Waals surface area contributed by atoms with Crippen LogP contribution < -0.4 is 21.5 Å². The van der Waals surface area contributed by atoms with Crippen LogP contribution in [0.3, 0.4) is 0 Å². The third kappa shape index (κ3) is 1.85. The Balaban J connectivity index is 2.61. The van der Waals surface area contributed by atoms with Gasteiger partial charge in [0.2, 0.25) is 0 Å². The fourth-order valence-corrected chi connectivity index (χ4v) is 2.27. The molecule has 1 unspecified atom stereocenters. The van der Waals surface area contributed by atoms with Gasteiger partial charge in [0.05, 0.1) is 6.54 Å². The van der Waals surface area contributed by atoms with E-state index in [0.717, 1.165) is 0 Å². The van der Waals surface area contributed by atoms with E-state index in [-0.39, 0.29) is 5.08 Å². The van der Waals surface area contributed by atoms with E-state index < -0.39 is 11.2 Å². The lowest BCUT2D eigenvalue weighted by molar-refractivity contribution is 0.775. The molecule has 0 saturated carbocycles. The summed E-state index contributed by atoms with van der Waals surface area (Å²) in [6, 6.07) is 0. The average Bonchev–Trinajstić information content (AvgIpc) is 2.61. The van der Waals surface area contributed by atoms with Crippen molar-refractivity contribution in [2.45, 2.75) is 12.0 Å². The summed E-state index contributed by atoms with van der Waals surface area (Å²) in [5.74, 6) is 6.23. The van der Waals surface area contributed by atoms with E-state index in [9.17, 15) is 9.59 Å². The molecule has 2 heterocycles. The number of aromatic amines is 1. The van der Waals surface area contributed by atoms with Crippen LogP contribution in [0.1, 0.15) is 6.92 Å². The molecule has 7 heteroatoms. The fraction of sp³-hybridized carbons (Fsp3) is 0.400. The maximum absolute atomic E-state index is 11.6. The van der Waals surface area contributed by atoms with Gasteiger partial charge < -0.3 is 10.2 Å². The summed E-state index contributed by atoms with van der Waals surface area (Å²) in [6.07, 6.45) is 0. The van der Waals surface area contributed by atoms with Crippen LogP contribution in [0.2, 0.25) is 0 Å². The molecule has 90 valence electrons. The Labute approximate surface area is 106 Å². The van der Waals surface area contributed by atoms with E-state index in [1.165, 1.54) is 4.57 Å². The van der Waals surface area contributed by atoms with Crippen LogP contribution in [0.5, 0.6) is 0 Å². The summed E-state index contributed by atoms with van der Waals surface area (Å²) in [7, 11) is 1.61. The van der Waals surface area contributed by atoms with E-state index in [1.807, 2.05) is 4.90 Å². The van der Waals surface area contributed by atoms with Gasteiger partial charge in [0.25, 0.3) is 5.56 Å². The van der Waals surface area contributed by atoms with E-state index in [1.54, 1.807) is 14.0 Å². The molecule has 2 N–H and O–H groups in total. The Morgan fingerprint density at radius 3 is 2.82 bits per heavy atom. The van der Waals surface area contributed by atoms with Gasteiger partial charge >= 0.3 is 5.69 Å². The van der Waals surface area contributed by atoms with Gasteiger partial charge in [-0.2, -0.15) is 0 Å². The predicted molar refractivity (Wildman–Crippen MR) is 69.4 cm³/mol. The van der Waals surface area contributed by atoms with Crippen molar-refractivity contribution in [3.05, 3.63) is 20.8 Å². The molecule has 0 radical (unpaired) electrons. The molecule has 0 aromatic carbocycles. The summed E-state index contributed by atoms with van der Waals surface area (Å²) in [5.41, 5.74) is -0.474. The van der Waals surface area contributed by atoms with Crippen molar-refractivity contribution >= 4 is 27.4 Å².